The summed E-state index contributed by atoms with van der Waals surface area (Å²) in [6.45, 7) is 1.60. The SMILES string of the molecule is O=C(CCC1(c2ccc(Br)cc2)c2ccccc2-c2nccn21)N1CCC(c2cn[nH]c2)CC1. The summed E-state index contributed by atoms with van der Waals surface area (Å²) in [5.74, 6) is 1.67. The summed E-state index contributed by atoms with van der Waals surface area (Å²) in [5.41, 5.74) is 4.33. The van der Waals surface area contributed by atoms with Crippen molar-refractivity contribution in [2.75, 3.05) is 13.1 Å². The molecule has 0 saturated carbocycles. The molecule has 1 saturated heterocycles. The standard InChI is InChI=1S/C27H26BrN5O/c28-22-7-5-21(6-8-22)27(24-4-2-1-3-23(24)26-29-13-16-33(26)27)12-9-25(34)32-14-10-19(11-15-32)20-17-30-31-18-20/h1-8,13,16-19H,9-12,14-15H2,(H,30,31). The third-order valence-corrected chi connectivity index (χ3v) is 8.06. The number of hydrogen-bond donors (Lipinski definition) is 1. The number of carbonyl (C=O) groups is 1. The number of piperidine rings is 1. The van der Waals surface area contributed by atoms with Crippen molar-refractivity contribution in [3.8, 4) is 11.4 Å². The summed E-state index contributed by atoms with van der Waals surface area (Å²) in [7, 11) is 0. The van der Waals surface area contributed by atoms with Crippen molar-refractivity contribution in [1.29, 1.82) is 0 Å². The Kier molecular flexibility index (Phi) is 5.37. The van der Waals surface area contributed by atoms with Gasteiger partial charge in [-0.1, -0.05) is 52.3 Å². The fourth-order valence-electron chi connectivity index (χ4n) is 5.79. The number of aromatic nitrogens is 4. The number of fused-ring (bicyclic) bond motifs is 3. The summed E-state index contributed by atoms with van der Waals surface area (Å²) >= 11 is 3.58. The van der Waals surface area contributed by atoms with Gasteiger partial charge in [-0.3, -0.25) is 9.89 Å². The number of carbonyl (C=O) groups excluding carboxylic acids is 1. The summed E-state index contributed by atoms with van der Waals surface area (Å²) < 4.78 is 3.30. The van der Waals surface area contributed by atoms with E-state index in [0.717, 1.165) is 41.8 Å². The van der Waals surface area contributed by atoms with Crippen molar-refractivity contribution >= 4 is 21.8 Å². The predicted octanol–water partition coefficient (Wildman–Crippen LogP) is 5.33. The first-order valence-corrected chi connectivity index (χ1v) is 12.6. The van der Waals surface area contributed by atoms with Gasteiger partial charge >= 0.3 is 0 Å². The van der Waals surface area contributed by atoms with E-state index in [-0.39, 0.29) is 5.91 Å². The van der Waals surface area contributed by atoms with Crippen LogP contribution in [0.25, 0.3) is 11.4 Å². The number of aromatic amines is 1. The second kappa shape index (κ2) is 8.55. The van der Waals surface area contributed by atoms with Crippen molar-refractivity contribution in [3.05, 3.63) is 94.5 Å². The highest BCUT2D eigenvalue weighted by Crippen LogP contribution is 2.49. The number of nitrogens with one attached hydrogen (secondary N) is 1. The van der Waals surface area contributed by atoms with E-state index in [1.54, 1.807) is 0 Å². The zero-order valence-electron chi connectivity index (χ0n) is 18.8. The number of H-pyrrole nitrogens is 1. The Morgan fingerprint density at radius 2 is 1.91 bits per heavy atom. The van der Waals surface area contributed by atoms with Crippen LogP contribution in [0.2, 0.25) is 0 Å². The Balaban J connectivity index is 1.28. The largest absolute Gasteiger partial charge is 0.343 e. The van der Waals surface area contributed by atoms with Crippen LogP contribution in [0.3, 0.4) is 0 Å². The van der Waals surface area contributed by atoms with E-state index in [1.807, 2.05) is 23.5 Å². The highest BCUT2D eigenvalue weighted by molar-refractivity contribution is 9.10. The molecule has 4 heterocycles. The molecule has 1 atom stereocenters. The fourth-order valence-corrected chi connectivity index (χ4v) is 6.06. The Hall–Kier alpha value is -3.19. The van der Waals surface area contributed by atoms with Crippen molar-refractivity contribution in [2.45, 2.75) is 37.1 Å². The van der Waals surface area contributed by atoms with E-state index >= 15 is 0 Å². The molecule has 1 unspecified atom stereocenters. The van der Waals surface area contributed by atoms with Crippen LogP contribution in [0.15, 0.2) is 77.8 Å². The van der Waals surface area contributed by atoms with Gasteiger partial charge in [0.2, 0.25) is 5.91 Å². The van der Waals surface area contributed by atoms with E-state index < -0.39 is 5.54 Å². The molecule has 34 heavy (non-hydrogen) atoms. The van der Waals surface area contributed by atoms with Crippen molar-refractivity contribution in [1.82, 2.24) is 24.6 Å². The Morgan fingerprint density at radius 1 is 1.12 bits per heavy atom. The van der Waals surface area contributed by atoms with Gasteiger partial charge in [-0.25, -0.2) is 4.98 Å². The van der Waals surface area contributed by atoms with Crippen molar-refractivity contribution < 1.29 is 4.79 Å². The van der Waals surface area contributed by atoms with E-state index in [0.29, 0.717) is 18.8 Å². The molecule has 1 N–H and O–H groups in total. The maximum absolute atomic E-state index is 13.4. The van der Waals surface area contributed by atoms with Gasteiger partial charge in [0.15, 0.2) is 0 Å². The van der Waals surface area contributed by atoms with E-state index in [1.165, 1.54) is 16.7 Å². The molecule has 0 spiro atoms. The van der Waals surface area contributed by atoms with Gasteiger partial charge < -0.3 is 9.47 Å². The van der Waals surface area contributed by atoms with Gasteiger partial charge in [0.05, 0.1) is 11.7 Å². The van der Waals surface area contributed by atoms with Gasteiger partial charge in [-0.2, -0.15) is 5.10 Å². The normalized spacial score (nSPS) is 19.7. The molecular weight excluding hydrogens is 490 g/mol. The lowest BCUT2D eigenvalue weighted by Gasteiger charge is -2.36. The van der Waals surface area contributed by atoms with Gasteiger partial charge in [0.25, 0.3) is 0 Å². The third-order valence-electron chi connectivity index (χ3n) is 7.53. The van der Waals surface area contributed by atoms with Crippen LogP contribution in [-0.4, -0.2) is 43.6 Å². The zero-order valence-corrected chi connectivity index (χ0v) is 20.4. The fraction of sp³-hybridized carbons (Fsp3) is 0.296. The highest BCUT2D eigenvalue weighted by atomic mass is 79.9. The summed E-state index contributed by atoms with van der Waals surface area (Å²) in [5, 5.41) is 6.99. The molecule has 2 aliphatic heterocycles. The Labute approximate surface area is 207 Å². The smallest absolute Gasteiger partial charge is 0.222 e. The third kappa shape index (κ3) is 3.41. The van der Waals surface area contributed by atoms with Crippen molar-refractivity contribution in [2.24, 2.45) is 0 Å². The minimum absolute atomic E-state index is 0.230. The lowest BCUT2D eigenvalue weighted by Crippen LogP contribution is -2.40. The van der Waals surface area contributed by atoms with Crippen LogP contribution in [0.4, 0.5) is 0 Å². The molecule has 6 rings (SSSR count). The molecule has 2 aromatic heterocycles. The van der Waals surface area contributed by atoms with Gasteiger partial charge in [0, 0.05) is 48.1 Å². The van der Waals surface area contributed by atoms with Gasteiger partial charge in [0.1, 0.15) is 5.82 Å². The molecule has 7 heteroatoms. The average Bonchev–Trinajstić information content (AvgIpc) is 3.62. The predicted molar refractivity (Wildman–Crippen MR) is 134 cm³/mol. The Bertz CT molecular complexity index is 1310. The van der Waals surface area contributed by atoms with Crippen LogP contribution in [0.5, 0.6) is 0 Å². The first kappa shape index (κ1) is 21.4. The quantitative estimate of drug-likeness (QED) is 0.390. The van der Waals surface area contributed by atoms with Crippen LogP contribution in [0.1, 0.15) is 48.3 Å². The molecular formula is C27H26BrN5O. The lowest BCUT2D eigenvalue weighted by molar-refractivity contribution is -0.132. The van der Waals surface area contributed by atoms with Gasteiger partial charge in [-0.15, -0.1) is 0 Å². The number of rotatable bonds is 5. The number of benzene rings is 2. The van der Waals surface area contributed by atoms with Gasteiger partial charge in [-0.05, 0) is 54.0 Å². The first-order chi connectivity index (χ1) is 16.7. The number of halogens is 1. The molecule has 4 aromatic rings. The zero-order chi connectivity index (χ0) is 23.1. The second-order valence-electron chi connectivity index (χ2n) is 9.22. The molecule has 1 fully saturated rings. The topological polar surface area (TPSA) is 66.8 Å². The van der Waals surface area contributed by atoms with E-state index in [2.05, 4.69) is 90.4 Å². The minimum atomic E-state index is -0.450. The molecule has 0 radical (unpaired) electrons. The first-order valence-electron chi connectivity index (χ1n) is 11.8. The number of hydrogen-bond acceptors (Lipinski definition) is 3. The van der Waals surface area contributed by atoms with Crippen LogP contribution in [0, 0.1) is 0 Å². The second-order valence-corrected chi connectivity index (χ2v) is 10.1. The maximum Gasteiger partial charge on any atom is 0.222 e. The van der Waals surface area contributed by atoms with Crippen LogP contribution in [-0.2, 0) is 10.3 Å². The molecule has 172 valence electrons. The maximum atomic E-state index is 13.4. The number of likely N-dealkylation sites (tertiary alicyclic amines) is 1. The molecule has 0 aliphatic carbocycles. The monoisotopic (exact) mass is 515 g/mol. The summed E-state index contributed by atoms with van der Waals surface area (Å²) in [6.07, 6.45) is 10.9. The summed E-state index contributed by atoms with van der Waals surface area (Å²) in [6, 6.07) is 17.0. The van der Waals surface area contributed by atoms with Crippen LogP contribution < -0.4 is 0 Å². The lowest BCUT2D eigenvalue weighted by atomic mass is 9.79. The molecule has 1 amide bonds. The van der Waals surface area contributed by atoms with Crippen LogP contribution >= 0.6 is 15.9 Å². The average molecular weight is 516 g/mol. The van der Waals surface area contributed by atoms with E-state index in [4.69, 9.17) is 0 Å². The molecule has 2 aromatic carbocycles. The van der Waals surface area contributed by atoms with Crippen molar-refractivity contribution in [3.63, 3.8) is 0 Å². The number of nitrogens with zero attached hydrogens (tertiary/aromatic N) is 4. The highest BCUT2D eigenvalue weighted by Gasteiger charge is 2.45. The minimum Gasteiger partial charge on any atom is -0.343 e. The van der Waals surface area contributed by atoms with E-state index in [9.17, 15) is 4.79 Å². The molecule has 2 aliphatic rings. The Morgan fingerprint density at radius 3 is 2.68 bits per heavy atom. The number of amides is 1. The summed E-state index contributed by atoms with van der Waals surface area (Å²) in [4.78, 5) is 20.1. The number of imidazole rings is 1. The molecule has 6 nitrogen and oxygen atoms in total. The molecule has 0 bridgehead atoms.